The van der Waals surface area contributed by atoms with Crippen LogP contribution in [0.15, 0.2) is 36.4 Å². The van der Waals surface area contributed by atoms with Crippen LogP contribution in [0.5, 0.6) is 5.75 Å². The molecule has 0 saturated heterocycles. The van der Waals surface area contributed by atoms with Gasteiger partial charge in [0.15, 0.2) is 4.96 Å². The molecule has 0 aliphatic heterocycles. The molecule has 1 N–H and O–H groups in total. The monoisotopic (exact) mass is 381 g/mol. The number of imidazole rings is 1. The van der Waals surface area contributed by atoms with Gasteiger partial charge in [-0.25, -0.2) is 4.98 Å². The van der Waals surface area contributed by atoms with E-state index in [9.17, 15) is 0 Å². The van der Waals surface area contributed by atoms with Gasteiger partial charge in [-0.2, -0.15) is 0 Å². The summed E-state index contributed by atoms with van der Waals surface area (Å²) in [5, 5.41) is 3.53. The minimum Gasteiger partial charge on any atom is -0.497 e. The first-order chi connectivity index (χ1) is 13.1. The van der Waals surface area contributed by atoms with Crippen molar-refractivity contribution in [3.05, 3.63) is 47.5 Å². The molecular formula is C21H23N3O2S. The van der Waals surface area contributed by atoms with Crippen LogP contribution in [-0.2, 0) is 4.74 Å². The SMILES string of the molecule is COCCNc1c(-c2ccc(C)c(C)c2)nc2sc3cc(OC)ccc3n12. The van der Waals surface area contributed by atoms with Gasteiger partial charge in [-0.05, 0) is 49.2 Å². The number of thiazole rings is 1. The lowest BCUT2D eigenvalue weighted by Gasteiger charge is -2.10. The molecule has 0 saturated carbocycles. The Kier molecular flexibility index (Phi) is 4.76. The Morgan fingerprint density at radius 1 is 1.07 bits per heavy atom. The third-order valence-electron chi connectivity index (χ3n) is 4.83. The molecule has 4 aromatic rings. The van der Waals surface area contributed by atoms with Crippen molar-refractivity contribution in [3.8, 4) is 17.0 Å². The van der Waals surface area contributed by atoms with Crippen molar-refractivity contribution in [3.63, 3.8) is 0 Å². The summed E-state index contributed by atoms with van der Waals surface area (Å²) in [5.74, 6) is 1.86. The molecule has 0 spiro atoms. The average Bonchev–Trinajstić information content (AvgIpc) is 3.20. The smallest absolute Gasteiger partial charge is 0.197 e. The second-order valence-corrected chi connectivity index (χ2v) is 7.59. The number of anilines is 1. The number of nitrogens with zero attached hydrogens (tertiary/aromatic N) is 2. The molecule has 0 aliphatic carbocycles. The van der Waals surface area contributed by atoms with Crippen LogP contribution in [0, 0.1) is 13.8 Å². The summed E-state index contributed by atoms with van der Waals surface area (Å²) in [5.41, 5.74) is 5.76. The van der Waals surface area contributed by atoms with Gasteiger partial charge < -0.3 is 14.8 Å². The Balaban J connectivity index is 1.91. The minimum atomic E-state index is 0.634. The van der Waals surface area contributed by atoms with E-state index in [4.69, 9.17) is 14.5 Å². The third kappa shape index (κ3) is 3.15. The summed E-state index contributed by atoms with van der Waals surface area (Å²) in [7, 11) is 3.40. The Labute approximate surface area is 162 Å². The molecule has 140 valence electrons. The molecule has 4 rings (SSSR count). The van der Waals surface area contributed by atoms with Crippen molar-refractivity contribution in [1.82, 2.24) is 9.38 Å². The number of rotatable bonds is 6. The Morgan fingerprint density at radius 2 is 1.93 bits per heavy atom. The first-order valence-corrected chi connectivity index (χ1v) is 9.73. The quantitative estimate of drug-likeness (QED) is 0.483. The zero-order chi connectivity index (χ0) is 19.0. The molecule has 0 amide bonds. The number of ether oxygens (including phenoxy) is 2. The van der Waals surface area contributed by atoms with Gasteiger partial charge in [0.1, 0.15) is 17.3 Å². The standard InChI is InChI=1S/C21H23N3O2S/c1-13-5-6-15(11-14(13)2)19-20(22-9-10-25-3)24-17-8-7-16(26-4)12-18(17)27-21(24)23-19/h5-8,11-12,22H,9-10H2,1-4H3. The fourth-order valence-electron chi connectivity index (χ4n) is 3.20. The number of hydrogen-bond donors (Lipinski definition) is 1. The van der Waals surface area contributed by atoms with Gasteiger partial charge in [0, 0.05) is 19.2 Å². The predicted octanol–water partition coefficient (Wildman–Crippen LogP) is 4.90. The second kappa shape index (κ2) is 7.21. The van der Waals surface area contributed by atoms with Crippen LogP contribution in [-0.4, -0.2) is 36.8 Å². The molecule has 5 nitrogen and oxygen atoms in total. The lowest BCUT2D eigenvalue weighted by atomic mass is 10.0. The van der Waals surface area contributed by atoms with E-state index in [1.165, 1.54) is 11.1 Å². The Hall–Kier alpha value is -2.57. The first-order valence-electron chi connectivity index (χ1n) is 8.92. The predicted molar refractivity (Wildman–Crippen MR) is 112 cm³/mol. The van der Waals surface area contributed by atoms with Crippen molar-refractivity contribution in [2.75, 3.05) is 32.7 Å². The number of benzene rings is 2. The summed E-state index contributed by atoms with van der Waals surface area (Å²) in [4.78, 5) is 5.93. The molecular weight excluding hydrogens is 358 g/mol. The highest BCUT2D eigenvalue weighted by Gasteiger charge is 2.18. The van der Waals surface area contributed by atoms with E-state index in [1.54, 1.807) is 25.6 Å². The van der Waals surface area contributed by atoms with Crippen LogP contribution in [0.2, 0.25) is 0 Å². The Bertz CT molecular complexity index is 1110. The molecule has 0 unspecified atom stereocenters. The number of aryl methyl sites for hydroxylation is 2. The molecule has 27 heavy (non-hydrogen) atoms. The van der Waals surface area contributed by atoms with Crippen LogP contribution in [0.1, 0.15) is 11.1 Å². The molecule has 2 aromatic heterocycles. The Morgan fingerprint density at radius 3 is 2.67 bits per heavy atom. The first kappa shape index (κ1) is 17.8. The van der Waals surface area contributed by atoms with E-state index >= 15 is 0 Å². The summed E-state index contributed by atoms with van der Waals surface area (Å²) in [6.45, 7) is 5.62. The van der Waals surface area contributed by atoms with Crippen molar-refractivity contribution in [1.29, 1.82) is 0 Å². The van der Waals surface area contributed by atoms with Gasteiger partial charge in [0.2, 0.25) is 0 Å². The van der Waals surface area contributed by atoms with Gasteiger partial charge in [-0.3, -0.25) is 4.40 Å². The molecule has 0 radical (unpaired) electrons. The van der Waals surface area contributed by atoms with E-state index in [-0.39, 0.29) is 0 Å². The summed E-state index contributed by atoms with van der Waals surface area (Å²) < 4.78 is 13.9. The van der Waals surface area contributed by atoms with Gasteiger partial charge in [-0.15, -0.1) is 0 Å². The number of hydrogen-bond acceptors (Lipinski definition) is 5. The lowest BCUT2D eigenvalue weighted by Crippen LogP contribution is -2.10. The van der Waals surface area contributed by atoms with Gasteiger partial charge >= 0.3 is 0 Å². The van der Waals surface area contributed by atoms with E-state index in [0.717, 1.165) is 44.5 Å². The third-order valence-corrected chi connectivity index (χ3v) is 5.84. The molecule has 2 heterocycles. The number of methoxy groups -OCH3 is 2. The van der Waals surface area contributed by atoms with E-state index in [0.29, 0.717) is 6.61 Å². The molecule has 2 aromatic carbocycles. The van der Waals surface area contributed by atoms with Crippen molar-refractivity contribution < 1.29 is 9.47 Å². The fourth-order valence-corrected chi connectivity index (χ4v) is 4.26. The van der Waals surface area contributed by atoms with Crippen molar-refractivity contribution in [2.24, 2.45) is 0 Å². The molecule has 0 bridgehead atoms. The maximum Gasteiger partial charge on any atom is 0.197 e. The van der Waals surface area contributed by atoms with Gasteiger partial charge in [-0.1, -0.05) is 23.5 Å². The average molecular weight is 382 g/mol. The molecule has 6 heteroatoms. The number of nitrogens with one attached hydrogen (secondary N) is 1. The van der Waals surface area contributed by atoms with Crippen LogP contribution in [0.4, 0.5) is 5.82 Å². The fraction of sp³-hybridized carbons (Fsp3) is 0.286. The zero-order valence-corrected chi connectivity index (χ0v) is 16.8. The highest BCUT2D eigenvalue weighted by atomic mass is 32.1. The van der Waals surface area contributed by atoms with E-state index in [2.05, 4.69) is 53.9 Å². The lowest BCUT2D eigenvalue weighted by molar-refractivity contribution is 0.210. The van der Waals surface area contributed by atoms with Crippen LogP contribution in [0.25, 0.3) is 26.4 Å². The van der Waals surface area contributed by atoms with Gasteiger partial charge in [0.25, 0.3) is 0 Å². The molecule has 0 fully saturated rings. The summed E-state index contributed by atoms with van der Waals surface area (Å²) in [6, 6.07) is 12.6. The highest BCUT2D eigenvalue weighted by molar-refractivity contribution is 7.23. The number of aromatic nitrogens is 2. The van der Waals surface area contributed by atoms with Crippen molar-refractivity contribution in [2.45, 2.75) is 13.8 Å². The number of fused-ring (bicyclic) bond motifs is 3. The zero-order valence-electron chi connectivity index (χ0n) is 16.0. The van der Waals surface area contributed by atoms with Gasteiger partial charge in [0.05, 0.1) is 23.9 Å². The molecule has 0 atom stereocenters. The van der Waals surface area contributed by atoms with E-state index < -0.39 is 0 Å². The topological polar surface area (TPSA) is 47.8 Å². The normalized spacial score (nSPS) is 11.4. The van der Waals surface area contributed by atoms with E-state index in [1.807, 2.05) is 6.07 Å². The summed E-state index contributed by atoms with van der Waals surface area (Å²) in [6.07, 6.45) is 0. The largest absolute Gasteiger partial charge is 0.497 e. The van der Waals surface area contributed by atoms with Crippen LogP contribution >= 0.6 is 11.3 Å². The molecule has 0 aliphatic rings. The highest BCUT2D eigenvalue weighted by Crippen LogP contribution is 2.37. The van der Waals surface area contributed by atoms with Crippen LogP contribution in [0.3, 0.4) is 0 Å². The van der Waals surface area contributed by atoms with Crippen LogP contribution < -0.4 is 10.1 Å². The maximum atomic E-state index is 5.37. The minimum absolute atomic E-state index is 0.634. The summed E-state index contributed by atoms with van der Waals surface area (Å²) >= 11 is 1.67. The second-order valence-electron chi connectivity index (χ2n) is 6.58. The van der Waals surface area contributed by atoms with Crippen molar-refractivity contribution >= 4 is 32.3 Å². The maximum absolute atomic E-state index is 5.37.